The van der Waals surface area contributed by atoms with Crippen molar-refractivity contribution in [2.24, 2.45) is 51.8 Å². The Balaban J connectivity index is 1.65. The van der Waals surface area contributed by atoms with Crippen molar-refractivity contribution in [1.82, 2.24) is 0 Å². The van der Waals surface area contributed by atoms with Crippen molar-refractivity contribution in [3.8, 4) is 0 Å². The van der Waals surface area contributed by atoms with Gasteiger partial charge in [-0.2, -0.15) is 0 Å². The van der Waals surface area contributed by atoms with E-state index in [-0.39, 0.29) is 35.7 Å². The Kier molecular flexibility index (Phi) is 7.50. The van der Waals surface area contributed by atoms with Crippen molar-refractivity contribution in [2.45, 2.75) is 137 Å². The zero-order valence-corrected chi connectivity index (χ0v) is 24.2. The highest BCUT2D eigenvalue weighted by Gasteiger charge is 2.70. The third-order valence-electron chi connectivity index (χ3n) is 12.6. The molecule has 0 saturated heterocycles. The van der Waals surface area contributed by atoms with Crippen LogP contribution in [-0.2, 0) is 9.53 Å². The third-order valence-corrected chi connectivity index (χ3v) is 12.6. The number of esters is 1. The molecule has 4 saturated carbocycles. The molecule has 36 heavy (non-hydrogen) atoms. The number of hydrogen-bond acceptors (Lipinski definition) is 5. The summed E-state index contributed by atoms with van der Waals surface area (Å²) in [4.78, 5) is 12.4. The second kappa shape index (κ2) is 9.52. The van der Waals surface area contributed by atoms with Crippen molar-refractivity contribution in [3.63, 3.8) is 0 Å². The van der Waals surface area contributed by atoms with Crippen molar-refractivity contribution >= 4 is 5.97 Å². The number of rotatable bonds is 6. The summed E-state index contributed by atoms with van der Waals surface area (Å²) in [5, 5.41) is 33.7. The maximum absolute atomic E-state index is 12.4. The van der Waals surface area contributed by atoms with Crippen LogP contribution in [-0.4, -0.2) is 45.2 Å². The van der Waals surface area contributed by atoms with Crippen molar-refractivity contribution in [1.29, 1.82) is 0 Å². The molecule has 11 unspecified atom stereocenters. The van der Waals surface area contributed by atoms with E-state index in [9.17, 15) is 20.1 Å². The van der Waals surface area contributed by atoms with Crippen LogP contribution >= 0.6 is 0 Å². The number of fused-ring (bicyclic) bond motifs is 5. The van der Waals surface area contributed by atoms with E-state index in [0.717, 1.165) is 12.8 Å². The Bertz CT molecular complexity index is 824. The minimum absolute atomic E-state index is 0.00862. The second-order valence-corrected chi connectivity index (χ2v) is 15.0. The molecule has 5 nitrogen and oxygen atoms in total. The molecule has 3 N–H and O–H groups in total. The van der Waals surface area contributed by atoms with Crippen LogP contribution in [0, 0.1) is 51.8 Å². The maximum Gasteiger partial charge on any atom is 0.302 e. The Morgan fingerprint density at radius 3 is 2.36 bits per heavy atom. The zero-order chi connectivity index (χ0) is 26.8. The number of aliphatic hydroxyl groups excluding tert-OH is 2. The molecule has 4 fully saturated rings. The smallest absolute Gasteiger partial charge is 0.302 e. The molecule has 0 aromatic heterocycles. The molecular weight excluding hydrogens is 452 g/mol. The van der Waals surface area contributed by atoms with E-state index >= 15 is 0 Å². The fourth-order valence-corrected chi connectivity index (χ4v) is 9.73. The normalized spacial score (nSPS) is 47.6. The molecule has 4 aliphatic rings. The highest BCUT2D eigenvalue weighted by molar-refractivity contribution is 5.66. The average molecular weight is 507 g/mol. The summed E-state index contributed by atoms with van der Waals surface area (Å²) < 4.78 is 6.13. The monoisotopic (exact) mass is 506 g/mol. The van der Waals surface area contributed by atoms with Crippen molar-refractivity contribution in [3.05, 3.63) is 0 Å². The van der Waals surface area contributed by atoms with Gasteiger partial charge in [-0.25, -0.2) is 0 Å². The van der Waals surface area contributed by atoms with E-state index in [1.807, 2.05) is 0 Å². The summed E-state index contributed by atoms with van der Waals surface area (Å²) >= 11 is 0. The fraction of sp³-hybridized carbons (Fsp3) is 0.968. The van der Waals surface area contributed by atoms with Gasteiger partial charge in [-0.05, 0) is 91.8 Å². The Hall–Kier alpha value is -0.650. The molecule has 11 atom stereocenters. The van der Waals surface area contributed by atoms with E-state index in [1.165, 1.54) is 26.2 Å². The predicted octanol–water partition coefficient (Wildman–Crippen LogP) is 5.73. The second-order valence-electron chi connectivity index (χ2n) is 15.0. The SMILES string of the molecule is CC(=O)OC1CC2(C)C(C(C)CCC(C)(C)C(C)C)CCC2C2CC(O)C3(O)CC(O)CCC3(C)C12. The van der Waals surface area contributed by atoms with Gasteiger partial charge >= 0.3 is 5.97 Å². The van der Waals surface area contributed by atoms with Gasteiger partial charge in [-0.1, -0.05) is 48.5 Å². The standard InChI is InChI=1S/C31H54O5/c1-18(2)28(5,6)13-11-19(3)23-9-10-24-22-15-26(34)31(35)16-21(33)12-14-30(31,8)27(22)25(36-20(4)32)17-29(23,24)7/h18-19,21-27,33-35H,9-17H2,1-8H3. The Labute approximate surface area is 219 Å². The molecule has 4 rings (SSSR count). The molecule has 0 amide bonds. The molecule has 0 bridgehead atoms. The average Bonchev–Trinajstić information content (AvgIpc) is 3.10. The third kappa shape index (κ3) is 4.37. The summed E-state index contributed by atoms with van der Waals surface area (Å²) in [6, 6.07) is 0. The van der Waals surface area contributed by atoms with Gasteiger partial charge in [-0.15, -0.1) is 0 Å². The molecule has 0 aliphatic heterocycles. The fourth-order valence-electron chi connectivity index (χ4n) is 9.73. The van der Waals surface area contributed by atoms with Gasteiger partial charge < -0.3 is 20.1 Å². The van der Waals surface area contributed by atoms with Gasteiger partial charge in [-0.3, -0.25) is 4.79 Å². The predicted molar refractivity (Wildman–Crippen MR) is 142 cm³/mol. The molecule has 0 aromatic rings. The van der Waals surface area contributed by atoms with Crippen LogP contribution in [0.4, 0.5) is 0 Å². The largest absolute Gasteiger partial charge is 0.462 e. The van der Waals surface area contributed by atoms with Gasteiger partial charge in [0.05, 0.1) is 17.8 Å². The molecule has 0 radical (unpaired) electrons. The van der Waals surface area contributed by atoms with Crippen LogP contribution in [0.1, 0.15) is 113 Å². The van der Waals surface area contributed by atoms with E-state index in [4.69, 9.17) is 4.74 Å². The topological polar surface area (TPSA) is 87.0 Å². The lowest BCUT2D eigenvalue weighted by molar-refractivity contribution is -0.284. The minimum Gasteiger partial charge on any atom is -0.462 e. The maximum atomic E-state index is 12.4. The van der Waals surface area contributed by atoms with Crippen molar-refractivity contribution in [2.75, 3.05) is 0 Å². The highest BCUT2D eigenvalue weighted by Crippen LogP contribution is 2.69. The van der Waals surface area contributed by atoms with Crippen molar-refractivity contribution < 1.29 is 24.9 Å². The van der Waals surface area contributed by atoms with Gasteiger partial charge in [0, 0.05) is 24.7 Å². The first kappa shape index (κ1) is 28.4. The van der Waals surface area contributed by atoms with Gasteiger partial charge in [0.25, 0.3) is 0 Å². The lowest BCUT2D eigenvalue weighted by Crippen LogP contribution is -2.71. The molecule has 0 heterocycles. The van der Waals surface area contributed by atoms with Gasteiger partial charge in [0.2, 0.25) is 0 Å². The number of carbonyl (C=O) groups is 1. The molecular formula is C31H54O5. The Morgan fingerprint density at radius 2 is 1.75 bits per heavy atom. The lowest BCUT2D eigenvalue weighted by Gasteiger charge is -2.66. The summed E-state index contributed by atoms with van der Waals surface area (Å²) in [6.45, 7) is 17.9. The first-order chi connectivity index (χ1) is 16.6. The molecule has 208 valence electrons. The van der Waals surface area contributed by atoms with E-state index in [1.54, 1.807) is 0 Å². The number of carbonyl (C=O) groups excluding carboxylic acids is 1. The van der Waals surface area contributed by atoms with E-state index < -0.39 is 23.2 Å². The summed E-state index contributed by atoms with van der Waals surface area (Å²) in [6.07, 6.45) is 5.90. The van der Waals surface area contributed by atoms with Crippen LogP contribution in [0.5, 0.6) is 0 Å². The summed E-state index contributed by atoms with van der Waals surface area (Å²) in [5.74, 6) is 2.25. The molecule has 0 aromatic carbocycles. The number of hydrogen-bond donors (Lipinski definition) is 3. The molecule has 0 spiro atoms. The minimum atomic E-state index is -1.34. The first-order valence-corrected chi connectivity index (χ1v) is 14.8. The number of ether oxygens (including phenoxy) is 1. The quantitative estimate of drug-likeness (QED) is 0.400. The van der Waals surface area contributed by atoms with E-state index in [2.05, 4.69) is 48.5 Å². The van der Waals surface area contributed by atoms with Crippen LogP contribution in [0.3, 0.4) is 0 Å². The van der Waals surface area contributed by atoms with Gasteiger partial charge in [0.15, 0.2) is 0 Å². The first-order valence-electron chi connectivity index (χ1n) is 14.8. The lowest BCUT2D eigenvalue weighted by atomic mass is 9.41. The summed E-state index contributed by atoms with van der Waals surface area (Å²) in [5.41, 5.74) is -1.54. The van der Waals surface area contributed by atoms with Gasteiger partial charge in [0.1, 0.15) is 6.10 Å². The highest BCUT2D eigenvalue weighted by atomic mass is 16.5. The van der Waals surface area contributed by atoms with Crippen LogP contribution in [0.15, 0.2) is 0 Å². The van der Waals surface area contributed by atoms with Crippen LogP contribution in [0.2, 0.25) is 0 Å². The van der Waals surface area contributed by atoms with E-state index in [0.29, 0.717) is 48.3 Å². The van der Waals surface area contributed by atoms with Crippen LogP contribution in [0.25, 0.3) is 0 Å². The Morgan fingerprint density at radius 1 is 1.08 bits per heavy atom. The number of aliphatic hydroxyl groups is 3. The molecule has 4 aliphatic carbocycles. The summed E-state index contributed by atoms with van der Waals surface area (Å²) in [7, 11) is 0. The zero-order valence-electron chi connectivity index (χ0n) is 24.2. The van der Waals surface area contributed by atoms with Crippen LogP contribution < -0.4 is 0 Å². The molecule has 5 heteroatoms.